The van der Waals surface area contributed by atoms with Crippen LogP contribution in [0, 0.1) is 0 Å². The Balaban J connectivity index is 3.36. The van der Waals surface area contributed by atoms with E-state index >= 15 is 0 Å². The van der Waals surface area contributed by atoms with Crippen LogP contribution in [0.2, 0.25) is 0 Å². The average molecular weight is 1130 g/mol. The van der Waals surface area contributed by atoms with Gasteiger partial charge in [-0.25, -0.2) is 0 Å². The predicted octanol–water partition coefficient (Wildman–Crippen LogP) is 23.4. The van der Waals surface area contributed by atoms with Gasteiger partial charge >= 0.3 is 5.97 Å². The van der Waals surface area contributed by atoms with E-state index in [-0.39, 0.29) is 18.5 Å². The zero-order chi connectivity index (χ0) is 58.5. The number of nitrogens with one attached hydrogen (secondary N) is 1. The molecule has 0 radical (unpaired) electrons. The first kappa shape index (κ1) is 78.6. The Labute approximate surface area is 505 Å². The van der Waals surface area contributed by atoms with Crippen molar-refractivity contribution < 1.29 is 24.5 Å². The van der Waals surface area contributed by atoms with Gasteiger partial charge < -0.3 is 20.3 Å². The lowest BCUT2D eigenvalue weighted by Gasteiger charge is -2.20. The zero-order valence-corrected chi connectivity index (χ0v) is 54.3. The molecule has 0 saturated carbocycles. The number of unbranched alkanes of at least 4 members (excludes halogenated alkanes) is 48. The summed E-state index contributed by atoms with van der Waals surface area (Å²) in [4.78, 5) is 24.5. The van der Waals surface area contributed by atoms with Crippen LogP contribution in [0.25, 0.3) is 0 Å². The van der Waals surface area contributed by atoms with Crippen LogP contribution in [0.5, 0.6) is 0 Å². The standard InChI is InChI=1S/C75H139NO5/c1-3-5-7-9-11-13-15-44-49-53-57-61-65-69-75(80)81-70-66-62-58-54-50-46-43-41-39-37-35-33-31-29-27-25-23-21-19-17-18-20-22-24-26-28-30-32-34-36-38-40-42-45-48-52-56-60-64-68-74(79)76-72(71-77)73(78)67-63-59-55-51-47-16-14-12-10-8-6-4-2/h7,9,13,15,17-18,21,23,63,67,72-73,77-78H,3-6,8,10-12,14,16,19-20,22,24-62,64-66,68-71H2,1-2H3,(H,76,79)/b9-7-,15-13-,18-17-,23-21-,67-63+. The average Bonchev–Trinajstić information content (AvgIpc) is 3.47. The number of aliphatic hydroxyl groups excluding tert-OH is 2. The van der Waals surface area contributed by atoms with Gasteiger partial charge in [0, 0.05) is 12.8 Å². The second kappa shape index (κ2) is 70.0. The normalized spacial score (nSPS) is 12.9. The highest BCUT2D eigenvalue weighted by molar-refractivity contribution is 5.76. The molecular formula is C75H139NO5. The van der Waals surface area contributed by atoms with Crippen molar-refractivity contribution in [2.24, 2.45) is 0 Å². The SMILES string of the molecule is CCC/C=C\C/C=C\CCCCCCCC(=O)OCCCCCCCCCCCCCCCCC/C=C\C/C=C\CCCCCCCCCCCCCCCCCCCC(=O)NC(CO)C(O)/C=C/CCCCCCCCCCCC. The minimum atomic E-state index is -0.842. The number of hydrogen-bond donors (Lipinski definition) is 3. The molecule has 0 heterocycles. The third-order valence-electron chi connectivity index (χ3n) is 16.5. The summed E-state index contributed by atoms with van der Waals surface area (Å²) in [5, 5.41) is 23.1. The van der Waals surface area contributed by atoms with Gasteiger partial charge in [0.1, 0.15) is 0 Å². The topological polar surface area (TPSA) is 95.9 Å². The lowest BCUT2D eigenvalue weighted by Crippen LogP contribution is -2.45. The molecule has 0 aliphatic rings. The molecule has 0 aromatic rings. The Morgan fingerprint density at radius 2 is 0.642 bits per heavy atom. The van der Waals surface area contributed by atoms with Crippen molar-refractivity contribution in [3.63, 3.8) is 0 Å². The third-order valence-corrected chi connectivity index (χ3v) is 16.5. The van der Waals surface area contributed by atoms with Crippen molar-refractivity contribution in [2.45, 2.75) is 392 Å². The molecule has 0 fully saturated rings. The van der Waals surface area contributed by atoms with Gasteiger partial charge in [-0.3, -0.25) is 9.59 Å². The summed E-state index contributed by atoms with van der Waals surface area (Å²) >= 11 is 0. The van der Waals surface area contributed by atoms with Gasteiger partial charge in [-0.05, 0) is 89.9 Å². The molecule has 0 rings (SSSR count). The van der Waals surface area contributed by atoms with Crippen LogP contribution in [0.3, 0.4) is 0 Å². The Morgan fingerprint density at radius 3 is 0.988 bits per heavy atom. The lowest BCUT2D eigenvalue weighted by molar-refractivity contribution is -0.143. The maximum Gasteiger partial charge on any atom is 0.305 e. The summed E-state index contributed by atoms with van der Waals surface area (Å²) in [7, 11) is 0. The van der Waals surface area contributed by atoms with Crippen LogP contribution in [0.15, 0.2) is 60.8 Å². The van der Waals surface area contributed by atoms with Crippen molar-refractivity contribution in [2.75, 3.05) is 13.2 Å². The fourth-order valence-corrected chi connectivity index (χ4v) is 11.0. The van der Waals surface area contributed by atoms with E-state index in [4.69, 9.17) is 4.74 Å². The van der Waals surface area contributed by atoms with Crippen molar-refractivity contribution >= 4 is 11.9 Å². The van der Waals surface area contributed by atoms with E-state index < -0.39 is 12.1 Å². The summed E-state index contributed by atoms with van der Waals surface area (Å²) in [5.41, 5.74) is 0. The summed E-state index contributed by atoms with van der Waals surface area (Å²) in [6.07, 6.45) is 93.3. The summed E-state index contributed by atoms with van der Waals surface area (Å²) in [5.74, 6) is -0.0603. The van der Waals surface area contributed by atoms with Gasteiger partial charge in [0.15, 0.2) is 0 Å². The van der Waals surface area contributed by atoms with Crippen LogP contribution < -0.4 is 5.32 Å². The molecule has 81 heavy (non-hydrogen) atoms. The van der Waals surface area contributed by atoms with Crippen LogP contribution in [0.1, 0.15) is 380 Å². The first-order valence-electron chi connectivity index (χ1n) is 36.1. The van der Waals surface area contributed by atoms with E-state index in [0.29, 0.717) is 19.4 Å². The highest BCUT2D eigenvalue weighted by Gasteiger charge is 2.18. The second-order valence-corrected chi connectivity index (χ2v) is 24.6. The molecule has 1 amide bonds. The third kappa shape index (κ3) is 66.6. The summed E-state index contributed by atoms with van der Waals surface area (Å²) in [6.45, 7) is 4.84. The van der Waals surface area contributed by atoms with Gasteiger partial charge in [0.2, 0.25) is 5.91 Å². The summed E-state index contributed by atoms with van der Waals surface area (Å²) < 4.78 is 5.48. The number of ether oxygens (including phenoxy) is 1. The van der Waals surface area contributed by atoms with Gasteiger partial charge in [-0.1, -0.05) is 338 Å². The molecule has 3 N–H and O–H groups in total. The van der Waals surface area contributed by atoms with Crippen LogP contribution in [0.4, 0.5) is 0 Å². The molecule has 0 aromatic carbocycles. The maximum absolute atomic E-state index is 12.5. The van der Waals surface area contributed by atoms with E-state index in [1.807, 2.05) is 6.08 Å². The number of rotatable bonds is 67. The molecule has 6 heteroatoms. The molecule has 0 aliphatic heterocycles. The number of hydrogen-bond acceptors (Lipinski definition) is 5. The van der Waals surface area contributed by atoms with E-state index in [0.717, 1.165) is 57.8 Å². The van der Waals surface area contributed by atoms with Crippen molar-refractivity contribution in [1.82, 2.24) is 5.32 Å². The molecular weight excluding hydrogens is 995 g/mol. The zero-order valence-electron chi connectivity index (χ0n) is 54.3. The highest BCUT2D eigenvalue weighted by atomic mass is 16.5. The molecule has 2 unspecified atom stereocenters. The van der Waals surface area contributed by atoms with Crippen LogP contribution in [-0.2, 0) is 14.3 Å². The number of aliphatic hydroxyl groups is 2. The highest BCUT2D eigenvalue weighted by Crippen LogP contribution is 2.18. The van der Waals surface area contributed by atoms with Gasteiger partial charge in [-0.15, -0.1) is 0 Å². The number of carbonyl (C=O) groups excluding carboxylic acids is 2. The Morgan fingerprint density at radius 1 is 0.346 bits per heavy atom. The predicted molar refractivity (Wildman–Crippen MR) is 356 cm³/mol. The van der Waals surface area contributed by atoms with Crippen LogP contribution in [-0.4, -0.2) is 47.4 Å². The maximum atomic E-state index is 12.5. The second-order valence-electron chi connectivity index (χ2n) is 24.6. The smallest absolute Gasteiger partial charge is 0.305 e. The monoisotopic (exact) mass is 1130 g/mol. The number of allylic oxidation sites excluding steroid dienone is 9. The van der Waals surface area contributed by atoms with E-state index in [9.17, 15) is 19.8 Å². The molecule has 474 valence electrons. The van der Waals surface area contributed by atoms with E-state index in [1.54, 1.807) is 6.08 Å². The molecule has 0 spiro atoms. The number of carbonyl (C=O) groups is 2. The molecule has 0 aromatic heterocycles. The Hall–Kier alpha value is -2.44. The molecule has 2 atom stereocenters. The first-order valence-corrected chi connectivity index (χ1v) is 36.1. The van der Waals surface area contributed by atoms with Crippen LogP contribution >= 0.6 is 0 Å². The Kier molecular flexibility index (Phi) is 67.9. The van der Waals surface area contributed by atoms with E-state index in [2.05, 4.69) is 67.8 Å². The molecule has 0 aliphatic carbocycles. The largest absolute Gasteiger partial charge is 0.466 e. The van der Waals surface area contributed by atoms with Gasteiger partial charge in [0.25, 0.3) is 0 Å². The van der Waals surface area contributed by atoms with E-state index in [1.165, 1.54) is 295 Å². The number of amides is 1. The fourth-order valence-electron chi connectivity index (χ4n) is 11.0. The van der Waals surface area contributed by atoms with Crippen molar-refractivity contribution in [3.8, 4) is 0 Å². The fraction of sp³-hybridized carbons (Fsp3) is 0.840. The summed E-state index contributed by atoms with van der Waals surface area (Å²) in [6, 6.07) is -0.625. The van der Waals surface area contributed by atoms with Crippen molar-refractivity contribution in [3.05, 3.63) is 60.8 Å². The van der Waals surface area contributed by atoms with Crippen molar-refractivity contribution in [1.29, 1.82) is 0 Å². The Bertz CT molecular complexity index is 1400. The molecule has 6 nitrogen and oxygen atoms in total. The minimum absolute atomic E-state index is 0.00444. The van der Waals surface area contributed by atoms with Gasteiger partial charge in [0.05, 0.1) is 25.4 Å². The minimum Gasteiger partial charge on any atom is -0.466 e. The number of esters is 1. The quantitative estimate of drug-likeness (QED) is 0.0320. The first-order chi connectivity index (χ1) is 40.0. The lowest BCUT2D eigenvalue weighted by atomic mass is 10.0. The molecule has 0 saturated heterocycles. The molecule has 0 bridgehead atoms. The van der Waals surface area contributed by atoms with Gasteiger partial charge in [-0.2, -0.15) is 0 Å².